The van der Waals surface area contributed by atoms with Gasteiger partial charge in [-0.15, -0.1) is 0 Å². The summed E-state index contributed by atoms with van der Waals surface area (Å²) in [6.07, 6.45) is -0.448. The van der Waals surface area contributed by atoms with E-state index >= 15 is 0 Å². The summed E-state index contributed by atoms with van der Waals surface area (Å²) in [6.45, 7) is 6.19. The van der Waals surface area contributed by atoms with Crippen LogP contribution in [0.15, 0.2) is 52.4 Å². The molecule has 0 atom stereocenters. The molecule has 38 heavy (non-hydrogen) atoms. The number of thiazole rings is 1. The van der Waals surface area contributed by atoms with Crippen LogP contribution in [0.3, 0.4) is 0 Å². The SMILES string of the molecule is CCOCCn1c(=NC(=O)c2ccc(S(=O)(=O)N3CCN(C(=O)OCC)CC3)cc2)sc2cccc(Cl)c21. The summed E-state index contributed by atoms with van der Waals surface area (Å²) >= 11 is 7.78. The minimum atomic E-state index is -3.78. The average Bonchev–Trinajstić information content (AvgIpc) is 3.27. The number of benzene rings is 2. The van der Waals surface area contributed by atoms with E-state index in [9.17, 15) is 18.0 Å². The molecule has 0 bridgehead atoms. The molecule has 0 saturated carbocycles. The predicted molar refractivity (Wildman–Crippen MR) is 145 cm³/mol. The van der Waals surface area contributed by atoms with E-state index in [2.05, 4.69) is 4.99 Å². The third-order valence-corrected chi connectivity index (χ3v) is 9.28. The molecule has 1 aliphatic rings. The quantitative estimate of drug-likeness (QED) is 0.377. The van der Waals surface area contributed by atoms with E-state index < -0.39 is 22.0 Å². The second kappa shape index (κ2) is 12.4. The number of fused-ring (bicyclic) bond motifs is 1. The molecule has 0 radical (unpaired) electrons. The van der Waals surface area contributed by atoms with Gasteiger partial charge in [0.05, 0.1) is 33.3 Å². The van der Waals surface area contributed by atoms with Gasteiger partial charge in [-0.1, -0.05) is 29.0 Å². The lowest BCUT2D eigenvalue weighted by Crippen LogP contribution is -2.50. The highest BCUT2D eigenvalue weighted by atomic mass is 35.5. The maximum Gasteiger partial charge on any atom is 0.409 e. The third kappa shape index (κ3) is 6.10. The van der Waals surface area contributed by atoms with Gasteiger partial charge in [-0.05, 0) is 50.2 Å². The first-order chi connectivity index (χ1) is 18.3. The highest BCUT2D eigenvalue weighted by Crippen LogP contribution is 2.25. The average molecular weight is 581 g/mol. The molecule has 0 unspecified atom stereocenters. The number of piperazine rings is 1. The van der Waals surface area contributed by atoms with Gasteiger partial charge in [-0.2, -0.15) is 9.30 Å². The van der Waals surface area contributed by atoms with E-state index in [-0.39, 0.29) is 43.2 Å². The summed E-state index contributed by atoms with van der Waals surface area (Å²) in [4.78, 5) is 31.3. The first kappa shape index (κ1) is 28.2. The fourth-order valence-corrected chi connectivity index (χ4v) is 6.91. The van der Waals surface area contributed by atoms with Crippen LogP contribution in [0, 0.1) is 0 Å². The summed E-state index contributed by atoms with van der Waals surface area (Å²) < 4.78 is 40.8. The molecule has 3 aromatic rings. The zero-order valence-electron chi connectivity index (χ0n) is 21.1. The van der Waals surface area contributed by atoms with Crippen molar-refractivity contribution in [2.75, 3.05) is 46.0 Å². The topological polar surface area (TPSA) is 111 Å². The van der Waals surface area contributed by atoms with E-state index in [1.165, 1.54) is 44.8 Å². The minimum Gasteiger partial charge on any atom is -0.450 e. The second-order valence-electron chi connectivity index (χ2n) is 8.35. The van der Waals surface area contributed by atoms with Crippen molar-refractivity contribution in [3.63, 3.8) is 0 Å². The number of nitrogens with zero attached hydrogens (tertiary/aromatic N) is 4. The molecule has 0 spiro atoms. The molecule has 2 aromatic carbocycles. The smallest absolute Gasteiger partial charge is 0.409 e. The largest absolute Gasteiger partial charge is 0.450 e. The number of ether oxygens (including phenoxy) is 2. The van der Waals surface area contributed by atoms with Crippen LogP contribution in [0.4, 0.5) is 4.79 Å². The summed E-state index contributed by atoms with van der Waals surface area (Å²) in [5.41, 5.74) is 1.05. The number of hydrogen-bond acceptors (Lipinski definition) is 7. The predicted octanol–water partition coefficient (Wildman–Crippen LogP) is 3.60. The number of amides is 2. The standard InChI is InChI=1S/C25H29ClN4O6S2/c1-3-35-17-16-30-22-20(26)6-5-7-21(22)37-24(30)27-23(31)18-8-10-19(11-9-18)38(33,34)29-14-12-28(13-15-29)25(32)36-4-2/h5-11H,3-4,12-17H2,1-2H3. The van der Waals surface area contributed by atoms with Crippen molar-refractivity contribution >= 4 is 55.2 Å². The molecule has 0 N–H and O–H groups in total. The molecule has 2 heterocycles. The van der Waals surface area contributed by atoms with Gasteiger partial charge in [-0.25, -0.2) is 13.2 Å². The molecule has 10 nitrogen and oxygen atoms in total. The number of para-hydroxylation sites is 1. The number of carbonyl (C=O) groups is 2. The highest BCUT2D eigenvalue weighted by Gasteiger charge is 2.30. The zero-order valence-corrected chi connectivity index (χ0v) is 23.5. The van der Waals surface area contributed by atoms with E-state index in [0.717, 1.165) is 10.2 Å². The molecule has 0 aliphatic carbocycles. The lowest BCUT2D eigenvalue weighted by atomic mass is 10.2. The fraction of sp³-hybridized carbons (Fsp3) is 0.400. The summed E-state index contributed by atoms with van der Waals surface area (Å²) in [5.74, 6) is -0.496. The molecule has 2 amide bonds. The van der Waals surface area contributed by atoms with Crippen LogP contribution in [0.2, 0.25) is 5.02 Å². The Morgan fingerprint density at radius 2 is 1.74 bits per heavy atom. The van der Waals surface area contributed by atoms with Gasteiger partial charge in [0.25, 0.3) is 5.91 Å². The fourth-order valence-electron chi connectivity index (χ4n) is 4.08. The van der Waals surface area contributed by atoms with Crippen molar-refractivity contribution in [3.05, 3.63) is 57.9 Å². The maximum atomic E-state index is 13.1. The summed E-state index contributed by atoms with van der Waals surface area (Å²) in [7, 11) is -3.78. The number of aromatic nitrogens is 1. The lowest BCUT2D eigenvalue weighted by Gasteiger charge is -2.33. The Labute approximate surface area is 230 Å². The Morgan fingerprint density at radius 3 is 2.39 bits per heavy atom. The Kier molecular flexibility index (Phi) is 9.21. The Balaban J connectivity index is 1.53. The van der Waals surface area contributed by atoms with Crippen molar-refractivity contribution in [3.8, 4) is 0 Å². The molecule has 1 fully saturated rings. The Morgan fingerprint density at radius 1 is 1.03 bits per heavy atom. The van der Waals surface area contributed by atoms with Gasteiger partial charge < -0.3 is 18.9 Å². The zero-order chi connectivity index (χ0) is 27.3. The van der Waals surface area contributed by atoms with Gasteiger partial charge in [-0.3, -0.25) is 4.79 Å². The van der Waals surface area contributed by atoms with Crippen LogP contribution in [0.25, 0.3) is 10.2 Å². The second-order valence-corrected chi connectivity index (χ2v) is 11.7. The van der Waals surface area contributed by atoms with Crippen molar-refractivity contribution in [1.82, 2.24) is 13.8 Å². The first-order valence-electron chi connectivity index (χ1n) is 12.2. The van der Waals surface area contributed by atoms with Gasteiger partial charge in [0.2, 0.25) is 10.0 Å². The number of halogens is 1. The molecular formula is C25H29ClN4O6S2. The van der Waals surface area contributed by atoms with Crippen LogP contribution in [0.5, 0.6) is 0 Å². The Bertz CT molecular complexity index is 1480. The molecule has 4 rings (SSSR count). The van der Waals surface area contributed by atoms with E-state index in [1.54, 1.807) is 13.0 Å². The van der Waals surface area contributed by atoms with Gasteiger partial charge in [0.15, 0.2) is 4.80 Å². The molecule has 13 heteroatoms. The van der Waals surface area contributed by atoms with E-state index in [4.69, 9.17) is 21.1 Å². The highest BCUT2D eigenvalue weighted by molar-refractivity contribution is 7.89. The van der Waals surface area contributed by atoms with Gasteiger partial charge in [0, 0.05) is 44.9 Å². The van der Waals surface area contributed by atoms with Crippen molar-refractivity contribution < 1.29 is 27.5 Å². The van der Waals surface area contributed by atoms with Crippen LogP contribution >= 0.6 is 22.9 Å². The normalized spacial score (nSPS) is 15.2. The van der Waals surface area contributed by atoms with Gasteiger partial charge in [0.1, 0.15) is 0 Å². The van der Waals surface area contributed by atoms with Crippen LogP contribution in [-0.2, 0) is 26.0 Å². The molecule has 1 saturated heterocycles. The van der Waals surface area contributed by atoms with E-state index in [1.807, 2.05) is 23.6 Å². The van der Waals surface area contributed by atoms with Crippen molar-refractivity contribution in [2.24, 2.45) is 4.99 Å². The first-order valence-corrected chi connectivity index (χ1v) is 14.9. The molecule has 204 valence electrons. The van der Waals surface area contributed by atoms with E-state index in [0.29, 0.717) is 29.6 Å². The number of hydrogen-bond donors (Lipinski definition) is 0. The monoisotopic (exact) mass is 580 g/mol. The Hall–Kier alpha value is -2.77. The summed E-state index contributed by atoms with van der Waals surface area (Å²) in [5, 5.41) is 0.557. The van der Waals surface area contributed by atoms with Crippen molar-refractivity contribution in [1.29, 1.82) is 0 Å². The molecule has 1 aromatic heterocycles. The van der Waals surface area contributed by atoms with Gasteiger partial charge >= 0.3 is 6.09 Å². The minimum absolute atomic E-state index is 0.0686. The number of sulfonamides is 1. The van der Waals surface area contributed by atoms with Crippen LogP contribution in [-0.4, -0.2) is 80.2 Å². The van der Waals surface area contributed by atoms with Crippen LogP contribution in [0.1, 0.15) is 24.2 Å². The lowest BCUT2D eigenvalue weighted by molar-refractivity contribution is 0.0933. The third-order valence-electron chi connectivity index (χ3n) is 6.02. The maximum absolute atomic E-state index is 13.1. The van der Waals surface area contributed by atoms with Crippen molar-refractivity contribution in [2.45, 2.75) is 25.3 Å². The number of carbonyl (C=O) groups excluding carboxylic acids is 2. The number of rotatable bonds is 8. The molecule has 1 aliphatic heterocycles. The van der Waals surface area contributed by atoms with Crippen LogP contribution < -0.4 is 4.80 Å². The molecular weight excluding hydrogens is 552 g/mol. The summed E-state index contributed by atoms with van der Waals surface area (Å²) in [6, 6.07) is 11.3.